The molecule has 2 aliphatic carbocycles. The standard InChI is InChI=1S/C52H40N2O4/c1-51(2,33-23-27-35(28-24-33)53-43-17-9-15-41-45(43)49(57)39-13-7-5-11-37(39)47(41)55)31-19-21-32(22-20-31)52(3,4)34-25-29-36(30-26-34)54-44-18-10-16-42-46(44)50(58)40-14-8-6-12-38(40)48(42)56/h5-30,53-54H,1-4H3. The monoisotopic (exact) mass is 756 g/mol. The number of ketones is 4. The fourth-order valence-electron chi connectivity index (χ4n) is 8.39. The van der Waals surface area contributed by atoms with Crippen molar-refractivity contribution in [2.75, 3.05) is 10.6 Å². The molecule has 2 aliphatic rings. The second-order valence-electron chi connectivity index (χ2n) is 16.1. The third-order valence-electron chi connectivity index (χ3n) is 12.0. The van der Waals surface area contributed by atoms with Crippen LogP contribution in [0.5, 0.6) is 0 Å². The van der Waals surface area contributed by atoms with Crippen molar-refractivity contribution in [3.63, 3.8) is 0 Å². The summed E-state index contributed by atoms with van der Waals surface area (Å²) < 4.78 is 0. The normalized spacial score (nSPS) is 13.3. The van der Waals surface area contributed by atoms with Crippen LogP contribution in [0.25, 0.3) is 0 Å². The molecule has 0 atom stereocenters. The number of anilines is 4. The first kappa shape index (κ1) is 36.5. The van der Waals surface area contributed by atoms with Crippen molar-refractivity contribution in [2.45, 2.75) is 38.5 Å². The Kier molecular flexibility index (Phi) is 8.66. The molecule has 0 aliphatic heterocycles. The third-order valence-corrected chi connectivity index (χ3v) is 12.0. The maximum absolute atomic E-state index is 13.5. The quantitative estimate of drug-likeness (QED) is 0.160. The molecular formula is C52H40N2O4. The Labute approximate surface area is 337 Å². The van der Waals surface area contributed by atoms with Crippen LogP contribution in [0, 0.1) is 0 Å². The largest absolute Gasteiger partial charge is 0.355 e. The van der Waals surface area contributed by atoms with Gasteiger partial charge in [0.2, 0.25) is 0 Å². The first-order valence-electron chi connectivity index (χ1n) is 19.4. The molecule has 0 bridgehead atoms. The van der Waals surface area contributed by atoms with Crippen molar-refractivity contribution in [2.24, 2.45) is 0 Å². The van der Waals surface area contributed by atoms with Gasteiger partial charge in [0.1, 0.15) is 0 Å². The average Bonchev–Trinajstić information content (AvgIpc) is 3.25. The minimum absolute atomic E-state index is 0.139. The van der Waals surface area contributed by atoms with Gasteiger partial charge in [-0.1, -0.05) is 149 Å². The van der Waals surface area contributed by atoms with Crippen LogP contribution in [0.4, 0.5) is 22.7 Å². The van der Waals surface area contributed by atoms with Crippen molar-refractivity contribution in [1.82, 2.24) is 0 Å². The fraction of sp³-hybridized carbons (Fsp3) is 0.115. The fourth-order valence-corrected chi connectivity index (χ4v) is 8.39. The van der Waals surface area contributed by atoms with E-state index in [1.165, 1.54) is 11.1 Å². The molecule has 0 amide bonds. The van der Waals surface area contributed by atoms with Crippen LogP contribution in [0.1, 0.15) is 114 Å². The smallest absolute Gasteiger partial charge is 0.196 e. The van der Waals surface area contributed by atoms with Gasteiger partial charge in [0.15, 0.2) is 23.1 Å². The summed E-state index contributed by atoms with van der Waals surface area (Å²) in [6, 6.07) is 50.0. The van der Waals surface area contributed by atoms with Gasteiger partial charge < -0.3 is 10.6 Å². The van der Waals surface area contributed by atoms with E-state index in [-0.39, 0.29) is 34.0 Å². The van der Waals surface area contributed by atoms with Gasteiger partial charge in [-0.05, 0) is 58.7 Å². The highest BCUT2D eigenvalue weighted by atomic mass is 16.1. The van der Waals surface area contributed by atoms with Crippen LogP contribution in [0.15, 0.2) is 158 Å². The van der Waals surface area contributed by atoms with E-state index in [1.807, 2.05) is 36.4 Å². The van der Waals surface area contributed by atoms with Crippen molar-refractivity contribution < 1.29 is 19.2 Å². The summed E-state index contributed by atoms with van der Waals surface area (Å²) in [6.45, 7) is 8.84. The molecule has 0 spiro atoms. The molecule has 0 saturated heterocycles. The lowest BCUT2D eigenvalue weighted by molar-refractivity contribution is 0.0979. The molecule has 0 aromatic heterocycles. The molecule has 0 heterocycles. The summed E-state index contributed by atoms with van der Waals surface area (Å²) in [5.41, 5.74) is 10.3. The first-order valence-corrected chi connectivity index (χ1v) is 19.4. The molecule has 0 saturated carbocycles. The van der Waals surface area contributed by atoms with E-state index in [9.17, 15) is 19.2 Å². The van der Waals surface area contributed by atoms with E-state index in [4.69, 9.17) is 0 Å². The number of hydrogen-bond donors (Lipinski definition) is 2. The Hall–Kier alpha value is -7.18. The van der Waals surface area contributed by atoms with E-state index in [0.29, 0.717) is 55.9 Å². The predicted molar refractivity (Wildman–Crippen MR) is 230 cm³/mol. The highest BCUT2D eigenvalue weighted by Gasteiger charge is 2.33. The van der Waals surface area contributed by atoms with E-state index >= 15 is 0 Å². The van der Waals surface area contributed by atoms with E-state index < -0.39 is 0 Å². The topological polar surface area (TPSA) is 92.3 Å². The lowest BCUT2D eigenvalue weighted by Gasteiger charge is -2.30. The number of nitrogens with one attached hydrogen (secondary N) is 2. The van der Waals surface area contributed by atoms with Gasteiger partial charge in [0.25, 0.3) is 0 Å². The number of carbonyl (C=O) groups is 4. The minimum Gasteiger partial charge on any atom is -0.355 e. The molecule has 0 unspecified atom stereocenters. The highest BCUT2D eigenvalue weighted by Crippen LogP contribution is 2.39. The van der Waals surface area contributed by atoms with Crippen LogP contribution in [0.2, 0.25) is 0 Å². The number of benzene rings is 7. The molecule has 282 valence electrons. The van der Waals surface area contributed by atoms with Gasteiger partial charge in [0.05, 0.1) is 22.5 Å². The average molecular weight is 757 g/mol. The van der Waals surface area contributed by atoms with Gasteiger partial charge in [0, 0.05) is 55.6 Å². The van der Waals surface area contributed by atoms with Crippen molar-refractivity contribution in [3.05, 3.63) is 224 Å². The van der Waals surface area contributed by atoms with Gasteiger partial charge in [-0.15, -0.1) is 0 Å². The molecule has 58 heavy (non-hydrogen) atoms. The Morgan fingerprint density at radius 1 is 0.310 bits per heavy atom. The Balaban J connectivity index is 0.900. The molecule has 6 heteroatoms. The maximum Gasteiger partial charge on any atom is 0.196 e. The number of fused-ring (bicyclic) bond motifs is 4. The third kappa shape index (κ3) is 5.96. The van der Waals surface area contributed by atoms with Crippen LogP contribution in [-0.4, -0.2) is 23.1 Å². The zero-order chi connectivity index (χ0) is 40.3. The Morgan fingerprint density at radius 3 is 0.914 bits per heavy atom. The molecule has 7 aromatic rings. The molecular weight excluding hydrogens is 717 g/mol. The molecule has 2 N–H and O–H groups in total. The van der Waals surface area contributed by atoms with Crippen LogP contribution >= 0.6 is 0 Å². The molecule has 0 fully saturated rings. The predicted octanol–water partition coefficient (Wildman–Crippen LogP) is 11.4. The number of rotatable bonds is 8. The van der Waals surface area contributed by atoms with Gasteiger partial charge in [-0.25, -0.2) is 0 Å². The summed E-state index contributed by atoms with van der Waals surface area (Å²) in [5.74, 6) is -0.588. The van der Waals surface area contributed by atoms with Crippen molar-refractivity contribution >= 4 is 45.9 Å². The summed E-state index contributed by atoms with van der Waals surface area (Å²) in [6.07, 6.45) is 0. The lowest BCUT2D eigenvalue weighted by atomic mass is 9.74. The SMILES string of the molecule is CC(C)(c1ccc(Nc2cccc3c2C(=O)c2ccccc2C3=O)cc1)c1ccc(C(C)(C)c2ccc(Nc3cccc4c3C(=O)c3ccccc3C4=O)cc2)cc1. The van der Waals surface area contributed by atoms with Crippen LogP contribution in [-0.2, 0) is 10.8 Å². The van der Waals surface area contributed by atoms with Crippen molar-refractivity contribution in [3.8, 4) is 0 Å². The van der Waals surface area contributed by atoms with Crippen LogP contribution < -0.4 is 10.6 Å². The first-order chi connectivity index (χ1) is 27.9. The second kappa shape index (κ2) is 13.8. The molecule has 0 radical (unpaired) electrons. The summed E-state index contributed by atoms with van der Waals surface area (Å²) >= 11 is 0. The second-order valence-corrected chi connectivity index (χ2v) is 16.1. The van der Waals surface area contributed by atoms with Gasteiger partial charge in [-0.3, -0.25) is 19.2 Å². The Bertz CT molecular complexity index is 2640. The molecule has 7 aromatic carbocycles. The zero-order valence-corrected chi connectivity index (χ0v) is 32.6. The van der Waals surface area contributed by atoms with E-state index in [1.54, 1.807) is 72.8 Å². The maximum atomic E-state index is 13.5. The molecule has 6 nitrogen and oxygen atoms in total. The van der Waals surface area contributed by atoms with Gasteiger partial charge >= 0.3 is 0 Å². The van der Waals surface area contributed by atoms with Crippen molar-refractivity contribution in [1.29, 1.82) is 0 Å². The highest BCUT2D eigenvalue weighted by molar-refractivity contribution is 6.31. The summed E-state index contributed by atoms with van der Waals surface area (Å²) in [5, 5.41) is 6.81. The summed E-state index contributed by atoms with van der Waals surface area (Å²) in [7, 11) is 0. The number of hydrogen-bond acceptors (Lipinski definition) is 6. The van der Waals surface area contributed by atoms with Gasteiger partial charge in [-0.2, -0.15) is 0 Å². The minimum atomic E-state index is -0.294. The zero-order valence-electron chi connectivity index (χ0n) is 32.6. The summed E-state index contributed by atoms with van der Waals surface area (Å²) in [4.78, 5) is 53.5. The number of carbonyl (C=O) groups excluding carboxylic acids is 4. The Morgan fingerprint density at radius 2 is 0.586 bits per heavy atom. The molecule has 9 rings (SSSR count). The van der Waals surface area contributed by atoms with E-state index in [2.05, 4.69) is 86.9 Å². The van der Waals surface area contributed by atoms with Crippen LogP contribution in [0.3, 0.4) is 0 Å². The van der Waals surface area contributed by atoms with E-state index in [0.717, 1.165) is 22.5 Å². The lowest BCUT2D eigenvalue weighted by Crippen LogP contribution is -2.22.